The summed E-state index contributed by atoms with van der Waals surface area (Å²) >= 11 is 9.92. The Labute approximate surface area is 103 Å². The van der Waals surface area contributed by atoms with Gasteiger partial charge in [0.05, 0.1) is 5.02 Å². The van der Waals surface area contributed by atoms with E-state index in [1.54, 1.807) is 11.3 Å². The molecule has 0 bridgehead atoms. The van der Waals surface area contributed by atoms with Gasteiger partial charge < -0.3 is 5.73 Å². The Bertz CT molecular complexity index is 453. The van der Waals surface area contributed by atoms with Crippen molar-refractivity contribution in [1.82, 2.24) is 0 Å². The summed E-state index contributed by atoms with van der Waals surface area (Å²) in [4.78, 5) is 1.26. The molecule has 0 saturated carbocycles. The lowest BCUT2D eigenvalue weighted by Gasteiger charge is -1.96. The maximum atomic E-state index is 6.30. The number of halogens is 1. The van der Waals surface area contributed by atoms with Gasteiger partial charge in [-0.2, -0.15) is 11.8 Å². The highest BCUT2D eigenvalue weighted by atomic mass is 35.5. The maximum absolute atomic E-state index is 6.30. The van der Waals surface area contributed by atoms with Crippen LogP contribution in [0.5, 0.6) is 0 Å². The fraction of sp³-hybridized carbons (Fsp3) is 0.273. The van der Waals surface area contributed by atoms with Gasteiger partial charge in [0.1, 0.15) is 0 Å². The quantitative estimate of drug-likeness (QED) is 0.845. The van der Waals surface area contributed by atoms with E-state index >= 15 is 0 Å². The standard InChI is InChI=1S/C11H12ClNS2/c12-11-8-3-1-2-4-9(8)15-10(11)7-14-6-5-13/h1-4H,5-7,13H2. The van der Waals surface area contributed by atoms with Crippen molar-refractivity contribution in [1.29, 1.82) is 0 Å². The second kappa shape index (κ2) is 5.21. The summed E-state index contributed by atoms with van der Waals surface area (Å²) in [6, 6.07) is 8.26. The Hall–Kier alpha value is -0.220. The average molecular weight is 258 g/mol. The molecule has 15 heavy (non-hydrogen) atoms. The monoisotopic (exact) mass is 257 g/mol. The third-order valence-electron chi connectivity index (χ3n) is 2.10. The zero-order valence-electron chi connectivity index (χ0n) is 8.20. The fourth-order valence-corrected chi connectivity index (χ4v) is 3.91. The summed E-state index contributed by atoms with van der Waals surface area (Å²) in [6.45, 7) is 0.729. The Morgan fingerprint density at radius 2 is 2.13 bits per heavy atom. The number of thioether (sulfide) groups is 1. The topological polar surface area (TPSA) is 26.0 Å². The smallest absolute Gasteiger partial charge is 0.0632 e. The average Bonchev–Trinajstić information content (AvgIpc) is 2.57. The molecule has 0 spiro atoms. The molecule has 80 valence electrons. The molecule has 0 saturated heterocycles. The van der Waals surface area contributed by atoms with Crippen LogP contribution in [-0.2, 0) is 5.75 Å². The highest BCUT2D eigenvalue weighted by molar-refractivity contribution is 7.98. The van der Waals surface area contributed by atoms with E-state index < -0.39 is 0 Å². The lowest BCUT2D eigenvalue weighted by molar-refractivity contribution is 1.15. The summed E-state index contributed by atoms with van der Waals surface area (Å²) in [7, 11) is 0. The fourth-order valence-electron chi connectivity index (χ4n) is 1.41. The van der Waals surface area contributed by atoms with Crippen molar-refractivity contribution in [2.24, 2.45) is 5.73 Å². The van der Waals surface area contributed by atoms with Crippen molar-refractivity contribution >= 4 is 44.8 Å². The molecule has 2 rings (SSSR count). The Morgan fingerprint density at radius 1 is 1.33 bits per heavy atom. The van der Waals surface area contributed by atoms with Gasteiger partial charge in [-0.05, 0) is 6.07 Å². The zero-order valence-corrected chi connectivity index (χ0v) is 10.6. The molecule has 1 aromatic heterocycles. The predicted octanol–water partition coefficient (Wildman–Crippen LogP) is 3.75. The van der Waals surface area contributed by atoms with E-state index in [1.807, 2.05) is 23.9 Å². The predicted molar refractivity (Wildman–Crippen MR) is 72.1 cm³/mol. The van der Waals surface area contributed by atoms with Gasteiger partial charge in [-0.3, -0.25) is 0 Å². The first-order valence-corrected chi connectivity index (χ1v) is 7.11. The summed E-state index contributed by atoms with van der Waals surface area (Å²) in [6.07, 6.45) is 0. The molecule has 0 amide bonds. The minimum absolute atomic E-state index is 0.729. The van der Waals surface area contributed by atoms with Crippen LogP contribution in [-0.4, -0.2) is 12.3 Å². The van der Waals surface area contributed by atoms with Gasteiger partial charge in [0.2, 0.25) is 0 Å². The summed E-state index contributed by atoms with van der Waals surface area (Å²) in [5.41, 5.74) is 5.46. The van der Waals surface area contributed by atoms with E-state index in [1.165, 1.54) is 15.0 Å². The van der Waals surface area contributed by atoms with Gasteiger partial charge in [-0.25, -0.2) is 0 Å². The molecule has 0 unspecified atom stereocenters. The van der Waals surface area contributed by atoms with Crippen LogP contribution in [0.4, 0.5) is 0 Å². The molecule has 2 aromatic rings. The van der Waals surface area contributed by atoms with E-state index in [4.69, 9.17) is 17.3 Å². The van der Waals surface area contributed by atoms with Crippen molar-refractivity contribution in [3.05, 3.63) is 34.2 Å². The van der Waals surface area contributed by atoms with Crippen LogP contribution in [0.2, 0.25) is 5.02 Å². The largest absolute Gasteiger partial charge is 0.330 e. The summed E-state index contributed by atoms with van der Waals surface area (Å²) < 4.78 is 1.27. The normalized spacial score (nSPS) is 11.1. The van der Waals surface area contributed by atoms with Crippen LogP contribution in [0.15, 0.2) is 24.3 Å². The molecule has 0 aliphatic heterocycles. The van der Waals surface area contributed by atoms with Crippen molar-refractivity contribution < 1.29 is 0 Å². The molecular weight excluding hydrogens is 246 g/mol. The van der Waals surface area contributed by atoms with Crippen LogP contribution >= 0.6 is 34.7 Å². The van der Waals surface area contributed by atoms with Crippen LogP contribution in [0, 0.1) is 0 Å². The third-order valence-corrected chi connectivity index (χ3v) is 5.01. The SMILES string of the molecule is NCCSCc1sc2ccccc2c1Cl. The minimum Gasteiger partial charge on any atom is -0.330 e. The molecule has 1 nitrogen and oxygen atoms in total. The Kier molecular flexibility index (Phi) is 3.92. The summed E-state index contributed by atoms with van der Waals surface area (Å²) in [5.74, 6) is 1.96. The molecule has 0 aliphatic rings. The van der Waals surface area contributed by atoms with Crippen LogP contribution < -0.4 is 5.73 Å². The number of nitrogens with two attached hydrogens (primary N) is 1. The first-order chi connectivity index (χ1) is 7.33. The van der Waals surface area contributed by atoms with Gasteiger partial charge in [0.15, 0.2) is 0 Å². The van der Waals surface area contributed by atoms with Gasteiger partial charge in [0, 0.05) is 33.0 Å². The van der Waals surface area contributed by atoms with Gasteiger partial charge >= 0.3 is 0 Å². The van der Waals surface area contributed by atoms with Crippen LogP contribution in [0.25, 0.3) is 10.1 Å². The molecular formula is C11H12ClNS2. The molecule has 4 heteroatoms. The third kappa shape index (κ3) is 2.48. The number of benzene rings is 1. The van der Waals surface area contributed by atoms with Crippen molar-refractivity contribution in [2.75, 3.05) is 12.3 Å². The van der Waals surface area contributed by atoms with E-state index in [2.05, 4.69) is 12.1 Å². The number of rotatable bonds is 4. The zero-order chi connectivity index (χ0) is 10.7. The molecule has 2 N–H and O–H groups in total. The van der Waals surface area contributed by atoms with Gasteiger partial charge in [-0.15, -0.1) is 11.3 Å². The van der Waals surface area contributed by atoms with E-state index in [9.17, 15) is 0 Å². The second-order valence-corrected chi connectivity index (χ2v) is 5.80. The van der Waals surface area contributed by atoms with Crippen LogP contribution in [0.3, 0.4) is 0 Å². The number of fused-ring (bicyclic) bond motifs is 1. The van der Waals surface area contributed by atoms with Crippen molar-refractivity contribution in [2.45, 2.75) is 5.75 Å². The lowest BCUT2D eigenvalue weighted by atomic mass is 10.2. The molecule has 0 radical (unpaired) electrons. The van der Waals surface area contributed by atoms with Gasteiger partial charge in [-0.1, -0.05) is 29.8 Å². The highest BCUT2D eigenvalue weighted by Gasteiger charge is 2.08. The van der Waals surface area contributed by atoms with E-state index in [0.717, 1.165) is 23.1 Å². The second-order valence-electron chi connectivity index (χ2n) is 3.18. The Balaban J connectivity index is 2.24. The number of thiophene rings is 1. The minimum atomic E-state index is 0.729. The number of hydrogen-bond donors (Lipinski definition) is 1. The van der Waals surface area contributed by atoms with E-state index in [-0.39, 0.29) is 0 Å². The van der Waals surface area contributed by atoms with Crippen LogP contribution in [0.1, 0.15) is 4.88 Å². The molecule has 0 aliphatic carbocycles. The highest BCUT2D eigenvalue weighted by Crippen LogP contribution is 2.36. The maximum Gasteiger partial charge on any atom is 0.0632 e. The first kappa shape index (κ1) is 11.3. The van der Waals surface area contributed by atoms with Crippen molar-refractivity contribution in [3.63, 3.8) is 0 Å². The van der Waals surface area contributed by atoms with E-state index in [0.29, 0.717) is 0 Å². The molecule has 1 aromatic carbocycles. The molecule has 0 fully saturated rings. The lowest BCUT2D eigenvalue weighted by Crippen LogP contribution is -2.01. The first-order valence-electron chi connectivity index (χ1n) is 4.76. The molecule has 0 atom stereocenters. The van der Waals surface area contributed by atoms with Gasteiger partial charge in [0.25, 0.3) is 0 Å². The molecule has 1 heterocycles. The number of hydrogen-bond acceptors (Lipinski definition) is 3. The summed E-state index contributed by atoms with van der Waals surface area (Å²) in [5, 5.41) is 2.09. The Morgan fingerprint density at radius 3 is 2.87 bits per heavy atom. The van der Waals surface area contributed by atoms with Crippen molar-refractivity contribution in [3.8, 4) is 0 Å².